The molecule has 0 unspecified atom stereocenters. The molecule has 0 spiro atoms. The molecule has 0 aliphatic rings. The quantitative estimate of drug-likeness (QED) is 0.777. The van der Waals surface area contributed by atoms with E-state index in [9.17, 15) is 18.0 Å². The summed E-state index contributed by atoms with van der Waals surface area (Å²) in [4.78, 5) is 10.5. The maximum Gasteiger partial charge on any atom is 0.573 e. The van der Waals surface area contributed by atoms with Gasteiger partial charge in [-0.2, -0.15) is 0 Å². The summed E-state index contributed by atoms with van der Waals surface area (Å²) in [7, 11) is 0. The lowest BCUT2D eigenvalue weighted by atomic mass is 10.1. The summed E-state index contributed by atoms with van der Waals surface area (Å²) < 4.78 is 39.6. The average Bonchev–Trinajstić information content (AvgIpc) is 2.28. The van der Waals surface area contributed by atoms with Crippen LogP contribution >= 0.6 is 0 Å². The molecule has 1 aromatic rings. The Morgan fingerprint density at radius 2 is 1.74 bits per heavy atom. The lowest BCUT2D eigenvalue weighted by molar-refractivity contribution is -0.274. The van der Waals surface area contributed by atoms with Crippen molar-refractivity contribution in [3.8, 4) is 5.75 Å². The van der Waals surface area contributed by atoms with E-state index in [4.69, 9.17) is 5.73 Å². The number of aryl methyl sites for hydroxylation is 1. The number of primary amides is 1. The fourth-order valence-corrected chi connectivity index (χ4v) is 1.66. The van der Waals surface area contributed by atoms with E-state index >= 15 is 0 Å². The Bertz CT molecular complexity index is 401. The summed E-state index contributed by atoms with van der Waals surface area (Å²) in [5.41, 5.74) is 5.95. The van der Waals surface area contributed by atoms with Crippen LogP contribution in [0.2, 0.25) is 0 Å². The number of halogens is 3. The number of alkyl halides is 3. The van der Waals surface area contributed by atoms with Crippen LogP contribution in [0.1, 0.15) is 31.2 Å². The summed E-state index contributed by atoms with van der Waals surface area (Å²) in [6.45, 7) is 0. The number of rotatable bonds is 7. The molecular formula is C13H16F3NO2. The van der Waals surface area contributed by atoms with Crippen LogP contribution in [0.3, 0.4) is 0 Å². The zero-order chi connectivity index (χ0) is 14.3. The van der Waals surface area contributed by atoms with Crippen LogP contribution in [-0.4, -0.2) is 12.3 Å². The zero-order valence-electron chi connectivity index (χ0n) is 10.4. The molecule has 106 valence electrons. The van der Waals surface area contributed by atoms with Crippen molar-refractivity contribution in [2.45, 2.75) is 38.5 Å². The van der Waals surface area contributed by atoms with Gasteiger partial charge in [0, 0.05) is 6.42 Å². The predicted molar refractivity (Wildman–Crippen MR) is 64.5 cm³/mol. The molecule has 0 heterocycles. The van der Waals surface area contributed by atoms with Crippen LogP contribution in [0.5, 0.6) is 5.75 Å². The molecule has 0 aliphatic heterocycles. The summed E-state index contributed by atoms with van der Waals surface area (Å²) in [5, 5.41) is 0. The number of unbranched alkanes of at least 4 members (excludes halogenated alkanes) is 2. The Morgan fingerprint density at radius 1 is 1.11 bits per heavy atom. The standard InChI is InChI=1S/C13H16F3NO2/c14-13(15,16)19-11-8-6-10(7-9-11)4-2-1-3-5-12(17)18/h6-9H,1-5H2,(H2,17,18). The third-order valence-electron chi connectivity index (χ3n) is 2.55. The largest absolute Gasteiger partial charge is 0.573 e. The molecule has 0 fully saturated rings. The predicted octanol–water partition coefficient (Wildman–Crippen LogP) is 3.17. The summed E-state index contributed by atoms with van der Waals surface area (Å²) >= 11 is 0. The second kappa shape index (κ2) is 7.01. The highest BCUT2D eigenvalue weighted by Crippen LogP contribution is 2.23. The first kappa shape index (κ1) is 15.3. The second-order valence-electron chi connectivity index (χ2n) is 4.22. The molecule has 2 N–H and O–H groups in total. The number of benzene rings is 1. The van der Waals surface area contributed by atoms with Gasteiger partial charge < -0.3 is 10.5 Å². The van der Waals surface area contributed by atoms with E-state index in [2.05, 4.69) is 4.74 Å². The lowest BCUT2D eigenvalue weighted by Gasteiger charge is -2.09. The molecule has 1 aromatic carbocycles. The third-order valence-corrected chi connectivity index (χ3v) is 2.55. The molecule has 0 aromatic heterocycles. The normalized spacial score (nSPS) is 11.3. The molecule has 0 radical (unpaired) electrons. The number of ether oxygens (including phenoxy) is 1. The van der Waals surface area contributed by atoms with Gasteiger partial charge in [0.15, 0.2) is 0 Å². The monoisotopic (exact) mass is 275 g/mol. The maximum absolute atomic E-state index is 11.9. The minimum atomic E-state index is -4.66. The Hall–Kier alpha value is -1.72. The Balaban J connectivity index is 2.30. The Kier molecular flexibility index (Phi) is 5.66. The Labute approximate surface area is 109 Å². The van der Waals surface area contributed by atoms with Gasteiger partial charge in [0.05, 0.1) is 0 Å². The van der Waals surface area contributed by atoms with Gasteiger partial charge in [-0.1, -0.05) is 18.6 Å². The number of hydrogen-bond acceptors (Lipinski definition) is 2. The molecule has 1 amide bonds. The highest BCUT2D eigenvalue weighted by atomic mass is 19.4. The molecule has 6 heteroatoms. The average molecular weight is 275 g/mol. The van der Waals surface area contributed by atoms with Crippen LogP contribution < -0.4 is 10.5 Å². The van der Waals surface area contributed by atoms with Gasteiger partial charge in [-0.05, 0) is 37.0 Å². The molecule has 0 aliphatic carbocycles. The van der Waals surface area contributed by atoms with Crippen LogP contribution in [-0.2, 0) is 11.2 Å². The first-order chi connectivity index (χ1) is 8.87. The smallest absolute Gasteiger partial charge is 0.406 e. The van der Waals surface area contributed by atoms with E-state index in [1.54, 1.807) is 12.1 Å². The van der Waals surface area contributed by atoms with Gasteiger partial charge in [-0.25, -0.2) is 0 Å². The molecular weight excluding hydrogens is 259 g/mol. The minimum absolute atomic E-state index is 0.218. The molecule has 1 rings (SSSR count). The fraction of sp³-hybridized carbons (Fsp3) is 0.462. The van der Waals surface area contributed by atoms with Crippen LogP contribution in [0, 0.1) is 0 Å². The van der Waals surface area contributed by atoms with Crippen molar-refractivity contribution in [2.24, 2.45) is 5.73 Å². The van der Waals surface area contributed by atoms with Gasteiger partial charge in [-0.15, -0.1) is 13.2 Å². The number of hydrogen-bond donors (Lipinski definition) is 1. The highest BCUT2D eigenvalue weighted by molar-refractivity contribution is 5.73. The molecule has 0 atom stereocenters. The lowest BCUT2D eigenvalue weighted by Crippen LogP contribution is -2.17. The first-order valence-electron chi connectivity index (χ1n) is 6.00. The summed E-state index contributed by atoms with van der Waals surface area (Å²) in [5.74, 6) is -0.529. The van der Waals surface area contributed by atoms with Gasteiger partial charge in [0.1, 0.15) is 5.75 Å². The van der Waals surface area contributed by atoms with E-state index < -0.39 is 6.36 Å². The first-order valence-corrected chi connectivity index (χ1v) is 6.00. The van der Waals surface area contributed by atoms with Gasteiger partial charge >= 0.3 is 6.36 Å². The Morgan fingerprint density at radius 3 is 2.26 bits per heavy atom. The third kappa shape index (κ3) is 7.33. The number of carbonyl (C=O) groups is 1. The van der Waals surface area contributed by atoms with Crippen molar-refractivity contribution in [1.82, 2.24) is 0 Å². The zero-order valence-corrected chi connectivity index (χ0v) is 10.4. The van der Waals surface area contributed by atoms with E-state index in [0.717, 1.165) is 31.2 Å². The van der Waals surface area contributed by atoms with Gasteiger partial charge in [-0.3, -0.25) is 4.79 Å². The molecule has 0 bridgehead atoms. The van der Waals surface area contributed by atoms with Crippen LogP contribution in [0.4, 0.5) is 13.2 Å². The summed E-state index contributed by atoms with van der Waals surface area (Å²) in [6, 6.07) is 5.81. The summed E-state index contributed by atoms with van der Waals surface area (Å²) in [6.07, 6.45) is -1.05. The number of carbonyl (C=O) groups excluding carboxylic acids is 1. The number of nitrogens with two attached hydrogens (primary N) is 1. The van der Waals surface area contributed by atoms with E-state index in [1.165, 1.54) is 12.1 Å². The van der Waals surface area contributed by atoms with E-state index in [1.807, 2.05) is 0 Å². The topological polar surface area (TPSA) is 52.3 Å². The minimum Gasteiger partial charge on any atom is -0.406 e. The van der Waals surface area contributed by atoms with Crippen molar-refractivity contribution in [3.63, 3.8) is 0 Å². The van der Waals surface area contributed by atoms with Crippen molar-refractivity contribution < 1.29 is 22.7 Å². The highest BCUT2D eigenvalue weighted by Gasteiger charge is 2.30. The molecule has 3 nitrogen and oxygen atoms in total. The van der Waals surface area contributed by atoms with E-state index in [-0.39, 0.29) is 11.7 Å². The van der Waals surface area contributed by atoms with Gasteiger partial charge in [0.2, 0.25) is 5.91 Å². The molecule has 0 saturated carbocycles. The SMILES string of the molecule is NC(=O)CCCCCc1ccc(OC(F)(F)F)cc1. The van der Waals surface area contributed by atoms with Crippen molar-refractivity contribution >= 4 is 5.91 Å². The van der Waals surface area contributed by atoms with Crippen molar-refractivity contribution in [2.75, 3.05) is 0 Å². The van der Waals surface area contributed by atoms with E-state index in [0.29, 0.717) is 6.42 Å². The number of amides is 1. The van der Waals surface area contributed by atoms with Crippen LogP contribution in [0.15, 0.2) is 24.3 Å². The van der Waals surface area contributed by atoms with Crippen molar-refractivity contribution in [1.29, 1.82) is 0 Å². The molecule has 19 heavy (non-hydrogen) atoms. The fourth-order valence-electron chi connectivity index (χ4n) is 1.66. The maximum atomic E-state index is 11.9. The molecule has 0 saturated heterocycles. The second-order valence-corrected chi connectivity index (χ2v) is 4.22. The van der Waals surface area contributed by atoms with Crippen molar-refractivity contribution in [3.05, 3.63) is 29.8 Å². The van der Waals surface area contributed by atoms with Gasteiger partial charge in [0.25, 0.3) is 0 Å². The van der Waals surface area contributed by atoms with Crippen LogP contribution in [0.25, 0.3) is 0 Å².